The Balaban J connectivity index is 3.00. The summed E-state index contributed by atoms with van der Waals surface area (Å²) in [4.78, 5) is 8.22. The Hall–Kier alpha value is -1.00. The Bertz CT molecular complexity index is 255. The Morgan fingerprint density at radius 1 is 1.42 bits per heavy atom. The van der Waals surface area contributed by atoms with E-state index >= 15 is 0 Å². The minimum atomic E-state index is -0.469. The SMILES string of the molecule is Cc1cc(C)nc(C(N)CO)n1. The average molecular weight is 167 g/mol. The van der Waals surface area contributed by atoms with Crippen LogP contribution in [-0.4, -0.2) is 21.7 Å². The molecule has 0 aromatic carbocycles. The van der Waals surface area contributed by atoms with Crippen molar-refractivity contribution in [2.45, 2.75) is 19.9 Å². The largest absolute Gasteiger partial charge is 0.394 e. The van der Waals surface area contributed by atoms with Crippen molar-refractivity contribution in [1.29, 1.82) is 0 Å². The first-order valence-corrected chi connectivity index (χ1v) is 3.82. The van der Waals surface area contributed by atoms with Gasteiger partial charge in [0, 0.05) is 11.4 Å². The summed E-state index contributed by atoms with van der Waals surface area (Å²) in [5.41, 5.74) is 7.31. The van der Waals surface area contributed by atoms with Gasteiger partial charge in [0.05, 0.1) is 12.6 Å². The third-order valence-electron chi connectivity index (χ3n) is 1.53. The summed E-state index contributed by atoms with van der Waals surface area (Å²) in [6, 6.07) is 1.40. The maximum Gasteiger partial charge on any atom is 0.147 e. The third-order valence-corrected chi connectivity index (χ3v) is 1.53. The number of aliphatic hydroxyl groups excluding tert-OH is 1. The third kappa shape index (κ3) is 1.99. The van der Waals surface area contributed by atoms with Crippen molar-refractivity contribution in [1.82, 2.24) is 9.97 Å². The number of hydrogen-bond acceptors (Lipinski definition) is 4. The van der Waals surface area contributed by atoms with Crippen LogP contribution < -0.4 is 5.73 Å². The molecule has 0 radical (unpaired) electrons. The summed E-state index contributed by atoms with van der Waals surface area (Å²) in [6.07, 6.45) is 0. The average Bonchev–Trinajstić information content (AvgIpc) is 2.01. The number of hydrogen-bond donors (Lipinski definition) is 2. The molecule has 4 heteroatoms. The fraction of sp³-hybridized carbons (Fsp3) is 0.500. The van der Waals surface area contributed by atoms with E-state index in [1.807, 2.05) is 19.9 Å². The second-order valence-electron chi connectivity index (χ2n) is 2.80. The smallest absolute Gasteiger partial charge is 0.147 e. The second kappa shape index (κ2) is 3.60. The molecule has 1 heterocycles. The zero-order valence-electron chi connectivity index (χ0n) is 7.28. The van der Waals surface area contributed by atoms with Crippen molar-refractivity contribution in [2.75, 3.05) is 6.61 Å². The van der Waals surface area contributed by atoms with Crippen molar-refractivity contribution < 1.29 is 5.11 Å². The second-order valence-corrected chi connectivity index (χ2v) is 2.80. The van der Waals surface area contributed by atoms with Gasteiger partial charge in [-0.25, -0.2) is 9.97 Å². The standard InChI is InChI=1S/C8H13N3O/c1-5-3-6(2)11-8(10-5)7(9)4-12/h3,7,12H,4,9H2,1-2H3. The van der Waals surface area contributed by atoms with Gasteiger partial charge in [-0.3, -0.25) is 0 Å². The number of aromatic nitrogens is 2. The van der Waals surface area contributed by atoms with Crippen molar-refractivity contribution in [3.05, 3.63) is 23.3 Å². The van der Waals surface area contributed by atoms with Gasteiger partial charge in [0.15, 0.2) is 0 Å². The summed E-state index contributed by atoms with van der Waals surface area (Å²) >= 11 is 0. The van der Waals surface area contributed by atoms with Crippen LogP contribution in [0.4, 0.5) is 0 Å². The van der Waals surface area contributed by atoms with E-state index in [0.717, 1.165) is 11.4 Å². The lowest BCUT2D eigenvalue weighted by molar-refractivity contribution is 0.263. The van der Waals surface area contributed by atoms with Crippen molar-refractivity contribution in [2.24, 2.45) is 5.73 Å². The summed E-state index contributed by atoms with van der Waals surface area (Å²) in [5.74, 6) is 0.509. The summed E-state index contributed by atoms with van der Waals surface area (Å²) in [6.45, 7) is 3.63. The number of aliphatic hydroxyl groups is 1. The van der Waals surface area contributed by atoms with E-state index in [0.29, 0.717) is 5.82 Å². The van der Waals surface area contributed by atoms with E-state index in [-0.39, 0.29) is 6.61 Å². The van der Waals surface area contributed by atoms with Gasteiger partial charge in [0.1, 0.15) is 5.82 Å². The maximum atomic E-state index is 8.76. The fourth-order valence-corrected chi connectivity index (χ4v) is 1.00. The van der Waals surface area contributed by atoms with Crippen LogP contribution in [0, 0.1) is 13.8 Å². The molecule has 1 rings (SSSR count). The molecule has 1 unspecified atom stereocenters. The van der Waals surface area contributed by atoms with E-state index in [9.17, 15) is 0 Å². The predicted octanol–water partition coefficient (Wildman–Crippen LogP) is 0.0855. The topological polar surface area (TPSA) is 72.0 Å². The van der Waals surface area contributed by atoms with Crippen LogP contribution in [0.2, 0.25) is 0 Å². The number of rotatable bonds is 2. The Labute approximate surface area is 71.5 Å². The molecule has 0 aliphatic rings. The van der Waals surface area contributed by atoms with Crippen LogP contribution >= 0.6 is 0 Å². The van der Waals surface area contributed by atoms with Gasteiger partial charge in [-0.1, -0.05) is 0 Å². The number of nitrogens with two attached hydrogens (primary N) is 1. The first-order chi connectivity index (χ1) is 5.63. The molecule has 12 heavy (non-hydrogen) atoms. The highest BCUT2D eigenvalue weighted by Crippen LogP contribution is 2.05. The van der Waals surface area contributed by atoms with Gasteiger partial charge in [0.2, 0.25) is 0 Å². The first-order valence-electron chi connectivity index (χ1n) is 3.82. The molecule has 1 atom stereocenters. The van der Waals surface area contributed by atoms with Gasteiger partial charge < -0.3 is 10.8 Å². The van der Waals surface area contributed by atoms with Crippen LogP contribution in [0.5, 0.6) is 0 Å². The summed E-state index contributed by atoms with van der Waals surface area (Å²) in [7, 11) is 0. The lowest BCUT2D eigenvalue weighted by Gasteiger charge is -2.07. The normalized spacial score (nSPS) is 13.0. The lowest BCUT2D eigenvalue weighted by atomic mass is 10.3. The van der Waals surface area contributed by atoms with E-state index in [1.54, 1.807) is 0 Å². The van der Waals surface area contributed by atoms with Crippen LogP contribution in [-0.2, 0) is 0 Å². The minimum Gasteiger partial charge on any atom is -0.394 e. The van der Waals surface area contributed by atoms with Gasteiger partial charge in [-0.05, 0) is 19.9 Å². The molecule has 0 aliphatic heterocycles. The molecule has 0 amide bonds. The number of nitrogens with zero attached hydrogens (tertiary/aromatic N) is 2. The van der Waals surface area contributed by atoms with E-state index in [4.69, 9.17) is 10.8 Å². The lowest BCUT2D eigenvalue weighted by Crippen LogP contribution is -2.18. The van der Waals surface area contributed by atoms with Crippen molar-refractivity contribution in [3.63, 3.8) is 0 Å². The summed E-state index contributed by atoms with van der Waals surface area (Å²) < 4.78 is 0. The zero-order chi connectivity index (χ0) is 9.14. The Morgan fingerprint density at radius 3 is 2.33 bits per heavy atom. The van der Waals surface area contributed by atoms with Crippen molar-refractivity contribution in [3.8, 4) is 0 Å². The Morgan fingerprint density at radius 2 is 1.92 bits per heavy atom. The monoisotopic (exact) mass is 167 g/mol. The molecule has 1 aromatic rings. The molecule has 4 nitrogen and oxygen atoms in total. The van der Waals surface area contributed by atoms with E-state index in [1.165, 1.54) is 0 Å². The highest BCUT2D eigenvalue weighted by atomic mass is 16.3. The van der Waals surface area contributed by atoms with Crippen LogP contribution in [0.25, 0.3) is 0 Å². The highest BCUT2D eigenvalue weighted by molar-refractivity contribution is 5.10. The maximum absolute atomic E-state index is 8.76. The molecule has 0 spiro atoms. The molecule has 66 valence electrons. The molecule has 1 aromatic heterocycles. The molecule has 3 N–H and O–H groups in total. The Kier molecular flexibility index (Phi) is 2.73. The molecule has 0 saturated carbocycles. The van der Waals surface area contributed by atoms with Gasteiger partial charge in [-0.2, -0.15) is 0 Å². The van der Waals surface area contributed by atoms with Crippen molar-refractivity contribution >= 4 is 0 Å². The van der Waals surface area contributed by atoms with Gasteiger partial charge in [0.25, 0.3) is 0 Å². The molecule has 0 fully saturated rings. The zero-order valence-corrected chi connectivity index (χ0v) is 7.28. The predicted molar refractivity (Wildman–Crippen MR) is 45.5 cm³/mol. The molecule has 0 bridgehead atoms. The van der Waals surface area contributed by atoms with Crippen LogP contribution in [0.3, 0.4) is 0 Å². The molecule has 0 saturated heterocycles. The van der Waals surface area contributed by atoms with Crippen LogP contribution in [0.15, 0.2) is 6.07 Å². The summed E-state index contributed by atoms with van der Waals surface area (Å²) in [5, 5.41) is 8.76. The minimum absolute atomic E-state index is 0.122. The molecular formula is C8H13N3O. The molecule has 0 aliphatic carbocycles. The quantitative estimate of drug-likeness (QED) is 0.654. The van der Waals surface area contributed by atoms with Crippen LogP contribution in [0.1, 0.15) is 23.3 Å². The van der Waals surface area contributed by atoms with E-state index in [2.05, 4.69) is 9.97 Å². The molecular weight excluding hydrogens is 154 g/mol. The van der Waals surface area contributed by atoms with Gasteiger partial charge >= 0.3 is 0 Å². The van der Waals surface area contributed by atoms with Gasteiger partial charge in [-0.15, -0.1) is 0 Å². The number of aryl methyl sites for hydroxylation is 2. The first kappa shape index (κ1) is 9.09. The highest BCUT2D eigenvalue weighted by Gasteiger charge is 2.07. The fourth-order valence-electron chi connectivity index (χ4n) is 1.00. The van der Waals surface area contributed by atoms with E-state index < -0.39 is 6.04 Å².